The molecule has 0 radical (unpaired) electrons. The van der Waals surface area contributed by atoms with Gasteiger partial charge in [0.2, 0.25) is 0 Å². The van der Waals surface area contributed by atoms with Crippen LogP contribution in [0.25, 0.3) is 44.4 Å². The van der Waals surface area contributed by atoms with Crippen molar-refractivity contribution in [3.05, 3.63) is 103 Å². The number of fused-ring (bicyclic) bond motifs is 1. The van der Waals surface area contributed by atoms with E-state index in [1.54, 1.807) is 14.2 Å². The molecule has 4 aromatic carbocycles. The highest BCUT2D eigenvalue weighted by atomic mass is 16.5. The van der Waals surface area contributed by atoms with Gasteiger partial charge in [0.25, 0.3) is 0 Å². The smallest absolute Gasteiger partial charge is 0.128 e. The number of hydrogen-bond acceptors (Lipinski definition) is 3. The van der Waals surface area contributed by atoms with E-state index in [9.17, 15) is 0 Å². The zero-order valence-corrected chi connectivity index (χ0v) is 18.1. The maximum atomic E-state index is 5.72. The third-order valence-electron chi connectivity index (χ3n) is 5.68. The van der Waals surface area contributed by atoms with Gasteiger partial charge in [-0.15, -0.1) is 0 Å². The van der Waals surface area contributed by atoms with Gasteiger partial charge in [0.15, 0.2) is 0 Å². The first kappa shape index (κ1) is 19.8. The number of ether oxygens (including phenoxy) is 2. The molecule has 0 saturated carbocycles. The predicted octanol–water partition coefficient (Wildman–Crippen LogP) is 7.25. The third-order valence-corrected chi connectivity index (χ3v) is 5.68. The Morgan fingerprint density at radius 3 is 2.19 bits per heavy atom. The maximum absolute atomic E-state index is 5.72. The number of rotatable bonds is 5. The summed E-state index contributed by atoms with van der Waals surface area (Å²) in [6.45, 7) is 0. The molecule has 0 amide bonds. The van der Waals surface area contributed by atoms with E-state index in [1.807, 2.05) is 48.5 Å². The van der Waals surface area contributed by atoms with Crippen molar-refractivity contribution < 1.29 is 9.47 Å². The topological polar surface area (TPSA) is 31.4 Å². The summed E-state index contributed by atoms with van der Waals surface area (Å²) in [7, 11) is 3.39. The summed E-state index contributed by atoms with van der Waals surface area (Å²) in [5.41, 5.74) is 7.32. The zero-order valence-electron chi connectivity index (χ0n) is 18.1. The fourth-order valence-corrected chi connectivity index (χ4v) is 4.07. The molecule has 0 aliphatic heterocycles. The first-order chi connectivity index (χ1) is 15.8. The van der Waals surface area contributed by atoms with Gasteiger partial charge in [-0.25, -0.2) is 4.98 Å². The molecule has 0 N–H and O–H groups in total. The van der Waals surface area contributed by atoms with E-state index in [4.69, 9.17) is 14.5 Å². The molecule has 1 heterocycles. The molecule has 156 valence electrons. The van der Waals surface area contributed by atoms with Crippen LogP contribution < -0.4 is 9.47 Å². The Bertz CT molecular complexity index is 1390. The lowest BCUT2D eigenvalue weighted by Gasteiger charge is -2.15. The molecule has 3 heteroatoms. The van der Waals surface area contributed by atoms with Crippen molar-refractivity contribution in [3.8, 4) is 45.0 Å². The average molecular weight is 418 g/mol. The Kier molecular flexibility index (Phi) is 5.30. The predicted molar refractivity (Wildman–Crippen MR) is 131 cm³/mol. The summed E-state index contributed by atoms with van der Waals surface area (Å²) in [6, 6.07) is 35.1. The van der Waals surface area contributed by atoms with Crippen LogP contribution in [0, 0.1) is 0 Å². The van der Waals surface area contributed by atoms with Gasteiger partial charge in [0.1, 0.15) is 11.5 Å². The number of hydrogen-bond donors (Lipinski definition) is 0. The molecule has 1 aromatic heterocycles. The summed E-state index contributed by atoms with van der Waals surface area (Å²) in [6.07, 6.45) is 0. The van der Waals surface area contributed by atoms with Crippen molar-refractivity contribution in [2.24, 2.45) is 0 Å². The number of nitrogens with zero attached hydrogens (tertiary/aromatic N) is 1. The molecule has 0 unspecified atom stereocenters. The van der Waals surface area contributed by atoms with E-state index in [2.05, 4.69) is 54.6 Å². The van der Waals surface area contributed by atoms with Crippen LogP contribution in [-0.4, -0.2) is 19.2 Å². The molecule has 0 atom stereocenters. The molecular formula is C29H23NO2. The molecule has 5 aromatic rings. The van der Waals surface area contributed by atoms with Crippen LogP contribution in [0.1, 0.15) is 0 Å². The van der Waals surface area contributed by atoms with Crippen LogP contribution in [0.5, 0.6) is 11.5 Å². The number of aromatic nitrogens is 1. The van der Waals surface area contributed by atoms with Gasteiger partial charge in [-0.2, -0.15) is 0 Å². The molecule has 5 rings (SSSR count). The van der Waals surface area contributed by atoms with Gasteiger partial charge >= 0.3 is 0 Å². The summed E-state index contributed by atoms with van der Waals surface area (Å²) >= 11 is 0. The standard InChI is InChI=1S/C29H23NO2/c1-31-24-11-6-10-21(19-24)22-14-16-26-23(18-22)15-17-27(30-26)29-25(12-7-13-28(29)32-2)20-8-4-3-5-9-20/h3-19H,1-2H3. The summed E-state index contributed by atoms with van der Waals surface area (Å²) in [5.74, 6) is 1.66. The van der Waals surface area contributed by atoms with E-state index in [0.29, 0.717) is 0 Å². The Morgan fingerprint density at radius 1 is 0.594 bits per heavy atom. The van der Waals surface area contributed by atoms with Gasteiger partial charge in [-0.05, 0) is 58.7 Å². The van der Waals surface area contributed by atoms with Gasteiger partial charge < -0.3 is 9.47 Å². The lowest BCUT2D eigenvalue weighted by molar-refractivity contribution is 0.415. The van der Waals surface area contributed by atoms with Crippen LogP contribution in [0.2, 0.25) is 0 Å². The van der Waals surface area contributed by atoms with Crippen LogP contribution in [0.15, 0.2) is 103 Å². The summed E-state index contributed by atoms with van der Waals surface area (Å²) in [4.78, 5) is 5.00. The van der Waals surface area contributed by atoms with Crippen LogP contribution in [-0.2, 0) is 0 Å². The molecular weight excluding hydrogens is 394 g/mol. The molecule has 32 heavy (non-hydrogen) atoms. The monoisotopic (exact) mass is 417 g/mol. The van der Waals surface area contributed by atoms with Crippen LogP contribution in [0.3, 0.4) is 0 Å². The SMILES string of the molecule is COc1cccc(-c2ccc3nc(-c4c(OC)cccc4-c4ccccc4)ccc3c2)c1. The van der Waals surface area contributed by atoms with Gasteiger partial charge in [0, 0.05) is 5.39 Å². The normalized spacial score (nSPS) is 10.8. The highest BCUT2D eigenvalue weighted by Crippen LogP contribution is 2.39. The minimum Gasteiger partial charge on any atom is -0.497 e. The van der Waals surface area contributed by atoms with Crippen LogP contribution >= 0.6 is 0 Å². The lowest BCUT2D eigenvalue weighted by atomic mass is 9.95. The van der Waals surface area contributed by atoms with Crippen molar-refractivity contribution in [2.75, 3.05) is 14.2 Å². The van der Waals surface area contributed by atoms with Crippen molar-refractivity contribution in [1.29, 1.82) is 0 Å². The highest BCUT2D eigenvalue weighted by molar-refractivity contribution is 5.91. The zero-order chi connectivity index (χ0) is 21.9. The van der Waals surface area contributed by atoms with Crippen molar-refractivity contribution in [1.82, 2.24) is 4.98 Å². The number of methoxy groups -OCH3 is 2. The molecule has 0 fully saturated rings. The Morgan fingerprint density at radius 2 is 1.38 bits per heavy atom. The lowest BCUT2D eigenvalue weighted by Crippen LogP contribution is -1.94. The van der Waals surface area contributed by atoms with Gasteiger partial charge in [-0.1, -0.05) is 66.7 Å². The minimum absolute atomic E-state index is 0.811. The third kappa shape index (κ3) is 3.69. The second kappa shape index (κ2) is 8.56. The van der Waals surface area contributed by atoms with Crippen molar-refractivity contribution in [2.45, 2.75) is 0 Å². The van der Waals surface area contributed by atoms with Crippen molar-refractivity contribution in [3.63, 3.8) is 0 Å². The van der Waals surface area contributed by atoms with Crippen LogP contribution in [0.4, 0.5) is 0 Å². The molecule has 0 aliphatic rings. The quantitative estimate of drug-likeness (QED) is 0.302. The first-order valence-corrected chi connectivity index (χ1v) is 10.5. The first-order valence-electron chi connectivity index (χ1n) is 10.5. The largest absolute Gasteiger partial charge is 0.497 e. The second-order valence-corrected chi connectivity index (χ2v) is 7.58. The number of pyridine rings is 1. The average Bonchev–Trinajstić information content (AvgIpc) is 2.88. The second-order valence-electron chi connectivity index (χ2n) is 7.58. The van der Waals surface area contributed by atoms with E-state index in [1.165, 1.54) is 0 Å². The van der Waals surface area contributed by atoms with Gasteiger partial charge in [-0.3, -0.25) is 0 Å². The maximum Gasteiger partial charge on any atom is 0.128 e. The highest BCUT2D eigenvalue weighted by Gasteiger charge is 2.15. The Balaban J connectivity index is 1.62. The molecule has 0 saturated heterocycles. The molecule has 0 bridgehead atoms. The molecule has 3 nitrogen and oxygen atoms in total. The van der Waals surface area contributed by atoms with E-state index in [-0.39, 0.29) is 0 Å². The van der Waals surface area contributed by atoms with E-state index < -0.39 is 0 Å². The Labute approximate surface area is 187 Å². The minimum atomic E-state index is 0.811. The summed E-state index contributed by atoms with van der Waals surface area (Å²) in [5, 5.41) is 1.09. The van der Waals surface area contributed by atoms with E-state index in [0.717, 1.165) is 55.9 Å². The molecule has 0 aliphatic carbocycles. The fraction of sp³-hybridized carbons (Fsp3) is 0.0690. The number of benzene rings is 4. The van der Waals surface area contributed by atoms with Gasteiger partial charge in [0.05, 0.1) is 31.0 Å². The molecule has 0 spiro atoms. The van der Waals surface area contributed by atoms with Crippen molar-refractivity contribution >= 4 is 10.9 Å². The van der Waals surface area contributed by atoms with E-state index >= 15 is 0 Å². The Hall–Kier alpha value is -4.11. The fourth-order valence-electron chi connectivity index (χ4n) is 4.07. The summed E-state index contributed by atoms with van der Waals surface area (Å²) < 4.78 is 11.1.